The van der Waals surface area contributed by atoms with Crippen LogP contribution in [0.3, 0.4) is 0 Å². The van der Waals surface area contributed by atoms with Gasteiger partial charge in [-0.25, -0.2) is 14.6 Å². The van der Waals surface area contributed by atoms with Gasteiger partial charge in [0.25, 0.3) is 0 Å². The molecule has 0 aliphatic rings. The summed E-state index contributed by atoms with van der Waals surface area (Å²) in [6.45, 7) is 11.5. The molecule has 1 rings (SSSR count). The van der Waals surface area contributed by atoms with E-state index in [1.54, 1.807) is 18.2 Å². The van der Waals surface area contributed by atoms with E-state index in [1.807, 2.05) is 47.6 Å². The van der Waals surface area contributed by atoms with E-state index in [0.717, 1.165) is 5.56 Å². The summed E-state index contributed by atoms with van der Waals surface area (Å²) in [5.74, 6) is -0.337. The first-order chi connectivity index (χ1) is 9.07. The summed E-state index contributed by atoms with van der Waals surface area (Å²) < 4.78 is 5.33. The standard InChI is InChI=1S/C16H24O4/c1-15(2,3)19-14(17)13-9-7-8-12(10-13)11-18-20-16(4,5)6/h7-10H,11H2,1-6H3. The largest absolute Gasteiger partial charge is 0.456 e. The second-order valence-electron chi connectivity index (χ2n) is 6.66. The highest BCUT2D eigenvalue weighted by atomic mass is 17.2. The van der Waals surface area contributed by atoms with Crippen molar-refractivity contribution in [1.29, 1.82) is 0 Å². The molecule has 0 aromatic heterocycles. The Morgan fingerprint density at radius 1 is 1.05 bits per heavy atom. The highest BCUT2D eigenvalue weighted by Crippen LogP contribution is 2.15. The molecule has 0 aliphatic carbocycles. The van der Waals surface area contributed by atoms with Crippen LogP contribution in [0.25, 0.3) is 0 Å². The Morgan fingerprint density at radius 2 is 1.70 bits per heavy atom. The zero-order valence-electron chi connectivity index (χ0n) is 13.1. The second kappa shape index (κ2) is 6.37. The van der Waals surface area contributed by atoms with Gasteiger partial charge in [0.2, 0.25) is 0 Å². The highest BCUT2D eigenvalue weighted by Gasteiger charge is 2.18. The molecule has 4 heteroatoms. The Balaban J connectivity index is 2.64. The maximum Gasteiger partial charge on any atom is 0.338 e. The zero-order chi connectivity index (χ0) is 15.4. The van der Waals surface area contributed by atoms with Gasteiger partial charge in [0.1, 0.15) is 12.2 Å². The van der Waals surface area contributed by atoms with E-state index >= 15 is 0 Å². The molecule has 0 spiro atoms. The predicted molar refractivity (Wildman–Crippen MR) is 77.2 cm³/mol. The van der Waals surface area contributed by atoms with E-state index in [1.165, 1.54) is 0 Å². The van der Waals surface area contributed by atoms with Crippen LogP contribution in [0.2, 0.25) is 0 Å². The van der Waals surface area contributed by atoms with Crippen LogP contribution in [0, 0.1) is 0 Å². The topological polar surface area (TPSA) is 44.8 Å². The number of carbonyl (C=O) groups is 1. The lowest BCUT2D eigenvalue weighted by Crippen LogP contribution is -2.24. The van der Waals surface area contributed by atoms with E-state index in [-0.39, 0.29) is 18.2 Å². The van der Waals surface area contributed by atoms with Crippen molar-refractivity contribution >= 4 is 5.97 Å². The first kappa shape index (κ1) is 16.7. The van der Waals surface area contributed by atoms with Crippen molar-refractivity contribution in [3.05, 3.63) is 35.4 Å². The molecule has 1 aromatic rings. The Kier molecular flexibility index (Phi) is 5.31. The minimum absolute atomic E-state index is 0.286. The summed E-state index contributed by atoms with van der Waals surface area (Å²) in [4.78, 5) is 22.3. The van der Waals surface area contributed by atoms with E-state index in [9.17, 15) is 4.79 Å². The fourth-order valence-corrected chi connectivity index (χ4v) is 1.40. The molecule has 4 nitrogen and oxygen atoms in total. The molecule has 20 heavy (non-hydrogen) atoms. The van der Waals surface area contributed by atoms with Gasteiger partial charge in [0.05, 0.1) is 11.2 Å². The Hall–Kier alpha value is -1.39. The lowest BCUT2D eigenvalue weighted by molar-refractivity contribution is -0.356. The predicted octanol–water partition coefficient (Wildman–Crippen LogP) is 3.89. The van der Waals surface area contributed by atoms with Crippen LogP contribution in [0.1, 0.15) is 57.5 Å². The number of benzene rings is 1. The molecule has 0 N–H and O–H groups in total. The fraction of sp³-hybridized carbons (Fsp3) is 0.562. The Bertz CT molecular complexity index is 452. The number of ether oxygens (including phenoxy) is 1. The van der Waals surface area contributed by atoms with Crippen LogP contribution < -0.4 is 0 Å². The summed E-state index contributed by atoms with van der Waals surface area (Å²) in [6.07, 6.45) is 0. The van der Waals surface area contributed by atoms with Gasteiger partial charge in [-0.15, -0.1) is 0 Å². The zero-order valence-corrected chi connectivity index (χ0v) is 13.1. The lowest BCUT2D eigenvalue weighted by Gasteiger charge is -2.20. The third kappa shape index (κ3) is 6.68. The third-order valence-electron chi connectivity index (χ3n) is 2.10. The summed E-state index contributed by atoms with van der Waals surface area (Å²) in [5, 5.41) is 0. The smallest absolute Gasteiger partial charge is 0.338 e. The molecular weight excluding hydrogens is 256 g/mol. The van der Waals surface area contributed by atoms with Crippen molar-refractivity contribution in [3.63, 3.8) is 0 Å². The molecule has 1 aromatic carbocycles. The van der Waals surface area contributed by atoms with Gasteiger partial charge in [-0.05, 0) is 59.2 Å². The molecule has 0 amide bonds. The number of hydrogen-bond acceptors (Lipinski definition) is 4. The van der Waals surface area contributed by atoms with Crippen LogP contribution in [-0.2, 0) is 21.1 Å². The van der Waals surface area contributed by atoms with Crippen molar-refractivity contribution in [3.8, 4) is 0 Å². The van der Waals surface area contributed by atoms with Crippen LogP contribution >= 0.6 is 0 Å². The summed E-state index contributed by atoms with van der Waals surface area (Å²) in [5.41, 5.74) is 0.510. The normalized spacial score (nSPS) is 12.3. The van der Waals surface area contributed by atoms with Crippen molar-refractivity contribution in [2.75, 3.05) is 0 Å². The minimum atomic E-state index is -0.501. The number of hydrogen-bond donors (Lipinski definition) is 0. The fourth-order valence-electron chi connectivity index (χ4n) is 1.40. The summed E-state index contributed by atoms with van der Waals surface area (Å²) in [7, 11) is 0. The van der Waals surface area contributed by atoms with E-state index in [0.29, 0.717) is 5.56 Å². The average molecular weight is 280 g/mol. The number of carbonyl (C=O) groups excluding carboxylic acids is 1. The minimum Gasteiger partial charge on any atom is -0.456 e. The van der Waals surface area contributed by atoms with Gasteiger partial charge in [-0.3, -0.25) is 0 Å². The van der Waals surface area contributed by atoms with E-state index < -0.39 is 5.60 Å². The SMILES string of the molecule is CC(C)(C)OOCc1cccc(C(=O)OC(C)(C)C)c1. The quantitative estimate of drug-likeness (QED) is 0.477. The van der Waals surface area contributed by atoms with Crippen LogP contribution in [0.5, 0.6) is 0 Å². The highest BCUT2D eigenvalue weighted by molar-refractivity contribution is 5.89. The number of esters is 1. The molecule has 0 radical (unpaired) electrons. The van der Waals surface area contributed by atoms with Crippen LogP contribution in [0.15, 0.2) is 24.3 Å². The Labute approximate surface area is 121 Å². The van der Waals surface area contributed by atoms with E-state index in [2.05, 4.69) is 0 Å². The monoisotopic (exact) mass is 280 g/mol. The second-order valence-corrected chi connectivity index (χ2v) is 6.66. The van der Waals surface area contributed by atoms with Gasteiger partial charge >= 0.3 is 5.97 Å². The van der Waals surface area contributed by atoms with Crippen molar-refractivity contribution in [2.24, 2.45) is 0 Å². The van der Waals surface area contributed by atoms with Gasteiger partial charge < -0.3 is 4.74 Å². The molecule has 0 saturated heterocycles. The maximum atomic E-state index is 12.0. The van der Waals surface area contributed by atoms with Crippen molar-refractivity contribution in [2.45, 2.75) is 59.4 Å². The molecular formula is C16H24O4. The maximum absolute atomic E-state index is 12.0. The first-order valence-corrected chi connectivity index (χ1v) is 6.70. The summed E-state index contributed by atoms with van der Waals surface area (Å²) >= 11 is 0. The third-order valence-corrected chi connectivity index (χ3v) is 2.10. The molecule has 0 aliphatic heterocycles. The first-order valence-electron chi connectivity index (χ1n) is 6.70. The van der Waals surface area contributed by atoms with Crippen LogP contribution in [0.4, 0.5) is 0 Å². The molecule has 0 atom stereocenters. The van der Waals surface area contributed by atoms with E-state index in [4.69, 9.17) is 14.5 Å². The average Bonchev–Trinajstić information content (AvgIpc) is 2.25. The molecule has 0 unspecified atom stereocenters. The van der Waals surface area contributed by atoms with Crippen LogP contribution in [-0.4, -0.2) is 17.2 Å². The number of rotatable bonds is 4. The van der Waals surface area contributed by atoms with Gasteiger partial charge in [-0.2, -0.15) is 0 Å². The van der Waals surface area contributed by atoms with Gasteiger partial charge in [0.15, 0.2) is 0 Å². The van der Waals surface area contributed by atoms with Gasteiger partial charge in [0, 0.05) is 0 Å². The van der Waals surface area contributed by atoms with Crippen molar-refractivity contribution < 1.29 is 19.3 Å². The lowest BCUT2D eigenvalue weighted by atomic mass is 10.1. The molecule has 0 saturated carbocycles. The summed E-state index contributed by atoms with van der Waals surface area (Å²) in [6, 6.07) is 7.15. The molecule has 112 valence electrons. The molecule has 0 heterocycles. The van der Waals surface area contributed by atoms with Gasteiger partial charge in [-0.1, -0.05) is 12.1 Å². The van der Waals surface area contributed by atoms with Crippen molar-refractivity contribution in [1.82, 2.24) is 0 Å². The Morgan fingerprint density at radius 3 is 2.25 bits per heavy atom. The molecule has 0 fully saturated rings. The molecule has 0 bridgehead atoms.